The fourth-order valence-corrected chi connectivity index (χ4v) is 2.77. The van der Waals surface area contributed by atoms with Crippen LogP contribution in [-0.4, -0.2) is 24.5 Å². The molecule has 1 fully saturated rings. The zero-order valence-electron chi connectivity index (χ0n) is 12.3. The normalized spacial score (nSPS) is 24.9. The molecule has 2 atom stereocenters. The lowest BCUT2D eigenvalue weighted by atomic mass is 9.98. The van der Waals surface area contributed by atoms with Gasteiger partial charge in [0.25, 0.3) is 0 Å². The van der Waals surface area contributed by atoms with Gasteiger partial charge in [-0.05, 0) is 39.0 Å². The minimum absolute atomic E-state index is 0.164. The third kappa shape index (κ3) is 6.39. The molecular formula is C15H30N2O. The Hall–Kier alpha value is -0.570. The summed E-state index contributed by atoms with van der Waals surface area (Å²) in [7, 11) is 0. The van der Waals surface area contributed by atoms with Crippen molar-refractivity contribution in [2.24, 2.45) is 5.92 Å². The molecule has 3 nitrogen and oxygen atoms in total. The molecule has 1 amide bonds. The first-order chi connectivity index (χ1) is 8.61. The molecule has 18 heavy (non-hydrogen) atoms. The van der Waals surface area contributed by atoms with Crippen LogP contribution in [0.25, 0.3) is 0 Å². The van der Waals surface area contributed by atoms with Crippen molar-refractivity contribution in [3.05, 3.63) is 0 Å². The summed E-state index contributed by atoms with van der Waals surface area (Å²) in [5.74, 6) is 1.10. The molecule has 2 N–H and O–H groups in total. The highest BCUT2D eigenvalue weighted by atomic mass is 16.1. The molecule has 0 aromatic heterocycles. The largest absolute Gasteiger partial charge is 0.354 e. The lowest BCUT2D eigenvalue weighted by Gasteiger charge is -2.16. The Balaban J connectivity index is 2.13. The van der Waals surface area contributed by atoms with Gasteiger partial charge in [0.2, 0.25) is 5.91 Å². The Labute approximate surface area is 112 Å². The highest BCUT2D eigenvalue weighted by Crippen LogP contribution is 2.25. The van der Waals surface area contributed by atoms with E-state index in [4.69, 9.17) is 0 Å². The summed E-state index contributed by atoms with van der Waals surface area (Å²) >= 11 is 0. The second kappa shape index (κ2) is 8.52. The molecule has 0 spiro atoms. The molecule has 1 rings (SSSR count). The fourth-order valence-electron chi connectivity index (χ4n) is 2.77. The Morgan fingerprint density at radius 1 is 1.22 bits per heavy atom. The van der Waals surface area contributed by atoms with E-state index in [1.54, 1.807) is 0 Å². The van der Waals surface area contributed by atoms with Crippen LogP contribution in [0.4, 0.5) is 0 Å². The summed E-state index contributed by atoms with van der Waals surface area (Å²) in [5.41, 5.74) is 0. The number of hydrogen-bond donors (Lipinski definition) is 2. The highest BCUT2D eigenvalue weighted by Gasteiger charge is 2.17. The van der Waals surface area contributed by atoms with Gasteiger partial charge < -0.3 is 10.6 Å². The maximum Gasteiger partial charge on any atom is 0.221 e. The summed E-state index contributed by atoms with van der Waals surface area (Å²) < 4.78 is 0. The van der Waals surface area contributed by atoms with E-state index in [0.29, 0.717) is 12.5 Å². The first-order valence-electron chi connectivity index (χ1n) is 7.64. The predicted molar refractivity (Wildman–Crippen MR) is 76.6 cm³/mol. The Morgan fingerprint density at radius 2 is 2.00 bits per heavy atom. The molecule has 1 aliphatic rings. The first-order valence-corrected chi connectivity index (χ1v) is 7.64. The van der Waals surface area contributed by atoms with Crippen molar-refractivity contribution < 1.29 is 4.79 Å². The van der Waals surface area contributed by atoms with E-state index in [1.807, 2.05) is 13.8 Å². The fraction of sp³-hybridized carbons (Fsp3) is 0.933. The van der Waals surface area contributed by atoms with Gasteiger partial charge in [0.15, 0.2) is 0 Å². The standard InChI is InChI=1S/C15H30N2O/c1-4-13-6-5-7-14(9-8-13)16-11-10-15(18)17-12(2)3/h12-14,16H,4-11H2,1-3H3,(H,17,18). The van der Waals surface area contributed by atoms with Crippen LogP contribution < -0.4 is 10.6 Å². The predicted octanol–water partition coefficient (Wildman–Crippen LogP) is 2.85. The summed E-state index contributed by atoms with van der Waals surface area (Å²) in [6.07, 6.45) is 8.57. The van der Waals surface area contributed by atoms with E-state index >= 15 is 0 Å². The molecule has 1 aliphatic carbocycles. The maximum atomic E-state index is 11.5. The minimum atomic E-state index is 0.164. The van der Waals surface area contributed by atoms with Gasteiger partial charge in [-0.2, -0.15) is 0 Å². The summed E-state index contributed by atoms with van der Waals surface area (Å²) in [4.78, 5) is 11.5. The molecule has 0 bridgehead atoms. The topological polar surface area (TPSA) is 41.1 Å². The van der Waals surface area contributed by atoms with Crippen LogP contribution in [0.5, 0.6) is 0 Å². The third-order valence-corrected chi connectivity index (χ3v) is 3.90. The number of carbonyl (C=O) groups excluding carboxylic acids is 1. The molecule has 0 aromatic rings. The first kappa shape index (κ1) is 15.5. The average molecular weight is 254 g/mol. The monoisotopic (exact) mass is 254 g/mol. The van der Waals surface area contributed by atoms with Crippen LogP contribution in [0.15, 0.2) is 0 Å². The Kier molecular flexibility index (Phi) is 7.33. The molecule has 0 saturated heterocycles. The number of rotatable bonds is 6. The zero-order chi connectivity index (χ0) is 13.4. The zero-order valence-corrected chi connectivity index (χ0v) is 12.3. The molecule has 1 saturated carbocycles. The summed E-state index contributed by atoms with van der Waals surface area (Å²) in [5, 5.41) is 6.48. The van der Waals surface area contributed by atoms with Gasteiger partial charge in [-0.1, -0.05) is 26.2 Å². The van der Waals surface area contributed by atoms with E-state index in [1.165, 1.54) is 38.5 Å². The van der Waals surface area contributed by atoms with Crippen molar-refractivity contribution in [2.75, 3.05) is 6.54 Å². The summed E-state index contributed by atoms with van der Waals surface area (Å²) in [6.45, 7) is 7.12. The second-order valence-corrected chi connectivity index (χ2v) is 5.91. The van der Waals surface area contributed by atoms with Gasteiger partial charge in [-0.25, -0.2) is 0 Å². The van der Waals surface area contributed by atoms with Crippen molar-refractivity contribution >= 4 is 5.91 Å². The molecule has 0 heterocycles. The van der Waals surface area contributed by atoms with Gasteiger partial charge in [0.05, 0.1) is 0 Å². The molecule has 0 aliphatic heterocycles. The van der Waals surface area contributed by atoms with E-state index in [0.717, 1.165) is 12.5 Å². The number of hydrogen-bond acceptors (Lipinski definition) is 2. The highest BCUT2D eigenvalue weighted by molar-refractivity contribution is 5.76. The Bertz CT molecular complexity index is 241. The number of nitrogens with one attached hydrogen (secondary N) is 2. The SMILES string of the molecule is CCC1CCCC(NCCC(=O)NC(C)C)CC1. The van der Waals surface area contributed by atoms with Crippen LogP contribution in [0.3, 0.4) is 0 Å². The lowest BCUT2D eigenvalue weighted by molar-refractivity contribution is -0.121. The van der Waals surface area contributed by atoms with E-state index in [-0.39, 0.29) is 11.9 Å². The van der Waals surface area contributed by atoms with E-state index < -0.39 is 0 Å². The molecule has 0 aromatic carbocycles. The maximum absolute atomic E-state index is 11.5. The van der Waals surface area contributed by atoms with Crippen molar-refractivity contribution in [2.45, 2.75) is 77.8 Å². The number of carbonyl (C=O) groups is 1. The molecule has 106 valence electrons. The van der Waals surface area contributed by atoms with Crippen LogP contribution >= 0.6 is 0 Å². The van der Waals surface area contributed by atoms with Gasteiger partial charge in [-0.15, -0.1) is 0 Å². The van der Waals surface area contributed by atoms with Crippen molar-refractivity contribution in [1.82, 2.24) is 10.6 Å². The van der Waals surface area contributed by atoms with Gasteiger partial charge in [0.1, 0.15) is 0 Å². The van der Waals surface area contributed by atoms with Crippen molar-refractivity contribution in [3.8, 4) is 0 Å². The molecule has 3 heteroatoms. The average Bonchev–Trinajstić information content (AvgIpc) is 2.53. The van der Waals surface area contributed by atoms with Crippen LogP contribution in [0, 0.1) is 5.92 Å². The van der Waals surface area contributed by atoms with Crippen molar-refractivity contribution in [3.63, 3.8) is 0 Å². The van der Waals surface area contributed by atoms with Crippen molar-refractivity contribution in [1.29, 1.82) is 0 Å². The van der Waals surface area contributed by atoms with E-state index in [9.17, 15) is 4.79 Å². The molecular weight excluding hydrogens is 224 g/mol. The minimum Gasteiger partial charge on any atom is -0.354 e. The second-order valence-electron chi connectivity index (χ2n) is 5.91. The van der Waals surface area contributed by atoms with Crippen LogP contribution in [0.1, 0.15) is 65.7 Å². The lowest BCUT2D eigenvalue weighted by Crippen LogP contribution is -2.35. The van der Waals surface area contributed by atoms with Crippen LogP contribution in [-0.2, 0) is 4.79 Å². The molecule has 0 radical (unpaired) electrons. The van der Waals surface area contributed by atoms with Gasteiger partial charge in [-0.3, -0.25) is 4.79 Å². The quantitative estimate of drug-likeness (QED) is 0.716. The van der Waals surface area contributed by atoms with Crippen LogP contribution in [0.2, 0.25) is 0 Å². The van der Waals surface area contributed by atoms with Gasteiger partial charge in [0, 0.05) is 25.0 Å². The Morgan fingerprint density at radius 3 is 2.67 bits per heavy atom. The van der Waals surface area contributed by atoms with E-state index in [2.05, 4.69) is 17.6 Å². The molecule has 2 unspecified atom stereocenters. The third-order valence-electron chi connectivity index (χ3n) is 3.90. The number of amides is 1. The summed E-state index contributed by atoms with van der Waals surface area (Å²) in [6, 6.07) is 0.883. The smallest absolute Gasteiger partial charge is 0.221 e. The van der Waals surface area contributed by atoms with Gasteiger partial charge >= 0.3 is 0 Å².